The van der Waals surface area contributed by atoms with E-state index in [2.05, 4.69) is 5.32 Å². The van der Waals surface area contributed by atoms with Gasteiger partial charge in [0.15, 0.2) is 0 Å². The van der Waals surface area contributed by atoms with Crippen LogP contribution in [0.15, 0.2) is 0 Å². The van der Waals surface area contributed by atoms with Crippen LogP contribution in [0.25, 0.3) is 0 Å². The highest BCUT2D eigenvalue weighted by molar-refractivity contribution is 4.98. The molecular formula is C10H17N. The van der Waals surface area contributed by atoms with Gasteiger partial charge in [0, 0.05) is 12.1 Å². The minimum Gasteiger partial charge on any atom is -0.311 e. The Hall–Kier alpha value is -0.0400. The molecule has 2 heterocycles. The van der Waals surface area contributed by atoms with Gasteiger partial charge in [-0.05, 0) is 50.4 Å². The van der Waals surface area contributed by atoms with Gasteiger partial charge < -0.3 is 5.32 Å². The van der Waals surface area contributed by atoms with Crippen molar-refractivity contribution < 1.29 is 0 Å². The van der Waals surface area contributed by atoms with E-state index in [0.717, 1.165) is 23.9 Å². The monoisotopic (exact) mass is 151 g/mol. The van der Waals surface area contributed by atoms with Gasteiger partial charge in [0.2, 0.25) is 0 Å². The van der Waals surface area contributed by atoms with Crippen molar-refractivity contribution in [3.05, 3.63) is 0 Å². The number of hydrogen-bond acceptors (Lipinski definition) is 1. The molecule has 2 bridgehead atoms. The van der Waals surface area contributed by atoms with Crippen molar-refractivity contribution in [1.82, 2.24) is 5.32 Å². The molecule has 1 aliphatic carbocycles. The van der Waals surface area contributed by atoms with E-state index >= 15 is 0 Å². The van der Waals surface area contributed by atoms with E-state index in [-0.39, 0.29) is 0 Å². The van der Waals surface area contributed by atoms with Crippen LogP contribution in [0.1, 0.15) is 38.5 Å². The van der Waals surface area contributed by atoms with Crippen LogP contribution in [0, 0.1) is 11.8 Å². The smallest absolute Gasteiger partial charge is 0.0101 e. The number of fused-ring (bicyclic) bond motifs is 2. The molecule has 1 saturated carbocycles. The lowest BCUT2D eigenvalue weighted by Crippen LogP contribution is -2.41. The maximum Gasteiger partial charge on any atom is 0.0101 e. The molecule has 3 aliphatic rings. The van der Waals surface area contributed by atoms with E-state index < -0.39 is 0 Å². The average Bonchev–Trinajstić information content (AvgIpc) is 2.77. The van der Waals surface area contributed by atoms with Crippen LogP contribution in [0.4, 0.5) is 0 Å². The summed E-state index contributed by atoms with van der Waals surface area (Å²) in [4.78, 5) is 0. The maximum absolute atomic E-state index is 3.76. The van der Waals surface area contributed by atoms with Crippen molar-refractivity contribution in [3.8, 4) is 0 Å². The fourth-order valence-corrected chi connectivity index (χ4v) is 3.10. The lowest BCUT2D eigenvalue weighted by atomic mass is 9.88. The molecule has 1 nitrogen and oxygen atoms in total. The van der Waals surface area contributed by atoms with Crippen molar-refractivity contribution >= 4 is 0 Å². The van der Waals surface area contributed by atoms with Gasteiger partial charge in [-0.15, -0.1) is 0 Å². The van der Waals surface area contributed by atoms with E-state index in [9.17, 15) is 0 Å². The number of rotatable bonds is 1. The number of piperidine rings is 1. The van der Waals surface area contributed by atoms with Gasteiger partial charge in [0.1, 0.15) is 0 Å². The first-order chi connectivity index (χ1) is 5.43. The van der Waals surface area contributed by atoms with E-state index in [0.29, 0.717) is 0 Å². The molecule has 0 aromatic carbocycles. The van der Waals surface area contributed by atoms with Crippen molar-refractivity contribution in [1.29, 1.82) is 0 Å². The predicted octanol–water partition coefficient (Wildman–Crippen LogP) is 1.93. The zero-order valence-corrected chi connectivity index (χ0v) is 7.05. The third-order valence-electron chi connectivity index (χ3n) is 3.87. The van der Waals surface area contributed by atoms with Crippen LogP contribution in [0.3, 0.4) is 0 Å². The summed E-state index contributed by atoms with van der Waals surface area (Å²) < 4.78 is 0. The Kier molecular flexibility index (Phi) is 1.31. The summed E-state index contributed by atoms with van der Waals surface area (Å²) in [6.07, 6.45) is 9.02. The SMILES string of the molecule is C1CC2NC1CCC2C1CC1. The van der Waals surface area contributed by atoms with E-state index in [1.807, 2.05) is 0 Å². The topological polar surface area (TPSA) is 12.0 Å². The largest absolute Gasteiger partial charge is 0.311 e. The van der Waals surface area contributed by atoms with Gasteiger partial charge in [-0.25, -0.2) is 0 Å². The van der Waals surface area contributed by atoms with Crippen LogP contribution < -0.4 is 5.32 Å². The number of nitrogens with one attached hydrogen (secondary N) is 1. The molecule has 3 atom stereocenters. The fraction of sp³-hybridized carbons (Fsp3) is 1.00. The highest BCUT2D eigenvalue weighted by atomic mass is 15.0. The Labute approximate surface area is 68.6 Å². The van der Waals surface area contributed by atoms with Gasteiger partial charge in [0.25, 0.3) is 0 Å². The molecule has 0 aromatic rings. The summed E-state index contributed by atoms with van der Waals surface area (Å²) in [5, 5.41) is 3.76. The maximum atomic E-state index is 3.76. The standard InChI is InChI=1S/C10H17N/c1-2-7(1)9-5-3-8-4-6-10(9)11-8/h7-11H,1-6H2. The molecule has 0 aromatic heterocycles. The zero-order chi connectivity index (χ0) is 7.26. The Morgan fingerprint density at radius 3 is 2.45 bits per heavy atom. The second kappa shape index (κ2) is 2.22. The van der Waals surface area contributed by atoms with Crippen molar-refractivity contribution in [3.63, 3.8) is 0 Å². The molecular weight excluding hydrogens is 134 g/mol. The van der Waals surface area contributed by atoms with Crippen LogP contribution >= 0.6 is 0 Å². The van der Waals surface area contributed by atoms with E-state index in [1.54, 1.807) is 0 Å². The molecule has 0 amide bonds. The van der Waals surface area contributed by atoms with Crippen LogP contribution in [-0.4, -0.2) is 12.1 Å². The van der Waals surface area contributed by atoms with Gasteiger partial charge in [-0.1, -0.05) is 0 Å². The van der Waals surface area contributed by atoms with Crippen molar-refractivity contribution in [2.75, 3.05) is 0 Å². The summed E-state index contributed by atoms with van der Waals surface area (Å²) in [7, 11) is 0. The fourth-order valence-electron chi connectivity index (χ4n) is 3.10. The normalized spacial score (nSPS) is 49.6. The molecule has 11 heavy (non-hydrogen) atoms. The number of hydrogen-bond donors (Lipinski definition) is 1. The Morgan fingerprint density at radius 2 is 1.64 bits per heavy atom. The van der Waals surface area contributed by atoms with Gasteiger partial charge in [-0.2, -0.15) is 0 Å². The van der Waals surface area contributed by atoms with Gasteiger partial charge >= 0.3 is 0 Å². The Bertz CT molecular complexity index is 162. The summed E-state index contributed by atoms with van der Waals surface area (Å²) in [5.41, 5.74) is 0. The summed E-state index contributed by atoms with van der Waals surface area (Å²) in [6, 6.07) is 1.84. The summed E-state index contributed by atoms with van der Waals surface area (Å²) in [5.74, 6) is 2.21. The van der Waals surface area contributed by atoms with Gasteiger partial charge in [-0.3, -0.25) is 0 Å². The molecule has 1 N–H and O–H groups in total. The first-order valence-corrected chi connectivity index (χ1v) is 5.19. The van der Waals surface area contributed by atoms with Crippen LogP contribution in [-0.2, 0) is 0 Å². The summed E-state index contributed by atoms with van der Waals surface area (Å²) >= 11 is 0. The minimum atomic E-state index is 0.912. The molecule has 2 aliphatic heterocycles. The molecule has 1 heteroatoms. The molecule has 3 rings (SSSR count). The van der Waals surface area contributed by atoms with E-state index in [4.69, 9.17) is 0 Å². The van der Waals surface area contributed by atoms with Gasteiger partial charge in [0.05, 0.1) is 0 Å². The minimum absolute atomic E-state index is 0.912. The molecule has 0 spiro atoms. The zero-order valence-electron chi connectivity index (χ0n) is 7.05. The second-order valence-electron chi connectivity index (χ2n) is 4.63. The van der Waals surface area contributed by atoms with Crippen LogP contribution in [0.5, 0.6) is 0 Å². The lowest BCUT2D eigenvalue weighted by molar-refractivity contribution is 0.262. The Balaban J connectivity index is 1.74. The molecule has 3 unspecified atom stereocenters. The second-order valence-corrected chi connectivity index (χ2v) is 4.63. The highest BCUT2D eigenvalue weighted by Crippen LogP contribution is 2.45. The Morgan fingerprint density at radius 1 is 0.818 bits per heavy atom. The first kappa shape index (κ1) is 6.47. The quantitative estimate of drug-likeness (QED) is 0.604. The van der Waals surface area contributed by atoms with Crippen molar-refractivity contribution in [2.45, 2.75) is 50.6 Å². The third kappa shape index (κ3) is 1.01. The molecule has 0 radical (unpaired) electrons. The summed E-state index contributed by atoms with van der Waals surface area (Å²) in [6.45, 7) is 0. The van der Waals surface area contributed by atoms with Crippen LogP contribution in [0.2, 0.25) is 0 Å². The highest BCUT2D eigenvalue weighted by Gasteiger charge is 2.42. The molecule has 3 fully saturated rings. The first-order valence-electron chi connectivity index (χ1n) is 5.19. The predicted molar refractivity (Wildman–Crippen MR) is 45.4 cm³/mol. The van der Waals surface area contributed by atoms with Crippen molar-refractivity contribution in [2.24, 2.45) is 11.8 Å². The average molecular weight is 151 g/mol. The molecule has 62 valence electrons. The third-order valence-corrected chi connectivity index (χ3v) is 3.87. The lowest BCUT2D eigenvalue weighted by Gasteiger charge is -2.30. The van der Waals surface area contributed by atoms with E-state index in [1.165, 1.54) is 38.5 Å². The molecule has 2 saturated heterocycles.